The van der Waals surface area contributed by atoms with Crippen LogP contribution in [0.3, 0.4) is 0 Å². The zero-order valence-corrected chi connectivity index (χ0v) is 11.5. The monoisotopic (exact) mass is 303 g/mol. The van der Waals surface area contributed by atoms with Gasteiger partial charge in [-0.25, -0.2) is 5.43 Å². The zero-order valence-electron chi connectivity index (χ0n) is 10.8. The number of nitrogens with zero attached hydrogens (tertiary/aromatic N) is 2. The first kappa shape index (κ1) is 15.2. The normalized spacial score (nSPS) is 10.6. The van der Waals surface area contributed by atoms with Crippen molar-refractivity contribution in [1.82, 2.24) is 10.4 Å². The Labute approximate surface area is 126 Å². The van der Waals surface area contributed by atoms with Crippen LogP contribution in [0, 0.1) is 0 Å². The van der Waals surface area contributed by atoms with Crippen LogP contribution in [0.2, 0.25) is 5.02 Å². The molecule has 0 aliphatic carbocycles. The summed E-state index contributed by atoms with van der Waals surface area (Å²) in [6, 6.07) is 7.67. The Bertz CT molecular complexity index is 665. The Morgan fingerprint density at radius 1 is 1.29 bits per heavy atom. The van der Waals surface area contributed by atoms with Gasteiger partial charge in [0.05, 0.1) is 6.21 Å². The number of halogens is 1. The van der Waals surface area contributed by atoms with Crippen LogP contribution in [0.25, 0.3) is 0 Å². The summed E-state index contributed by atoms with van der Waals surface area (Å²) < 4.78 is 0. The highest BCUT2D eigenvalue weighted by molar-refractivity contribution is 6.60. The van der Waals surface area contributed by atoms with Crippen molar-refractivity contribution in [2.45, 2.75) is 0 Å². The van der Waals surface area contributed by atoms with Gasteiger partial charge < -0.3 is 10.0 Å². The fourth-order valence-electron chi connectivity index (χ4n) is 1.62. The second-order valence-electron chi connectivity index (χ2n) is 4.08. The summed E-state index contributed by atoms with van der Waals surface area (Å²) in [7, 11) is -1.68. The van der Waals surface area contributed by atoms with Gasteiger partial charge in [-0.1, -0.05) is 17.7 Å². The summed E-state index contributed by atoms with van der Waals surface area (Å²) >= 11 is 5.78. The van der Waals surface area contributed by atoms with E-state index in [0.717, 1.165) is 0 Å². The Kier molecular flexibility index (Phi) is 5.05. The topological polar surface area (TPSA) is 94.8 Å². The number of hydrogen-bond acceptors (Lipinski definition) is 5. The molecule has 1 amide bonds. The first-order chi connectivity index (χ1) is 10.1. The highest BCUT2D eigenvalue weighted by atomic mass is 35.5. The largest absolute Gasteiger partial charge is 0.489 e. The smallest absolute Gasteiger partial charge is 0.423 e. The van der Waals surface area contributed by atoms with Gasteiger partial charge in [0.25, 0.3) is 5.91 Å². The molecule has 0 spiro atoms. The minimum absolute atomic E-state index is 0.199. The van der Waals surface area contributed by atoms with E-state index in [-0.39, 0.29) is 5.46 Å². The lowest BCUT2D eigenvalue weighted by molar-refractivity contribution is 0.0955. The predicted molar refractivity (Wildman–Crippen MR) is 80.6 cm³/mol. The molecule has 2 aromatic rings. The molecule has 2 rings (SSSR count). The molecule has 3 N–H and O–H groups in total. The van der Waals surface area contributed by atoms with Gasteiger partial charge in [0.2, 0.25) is 0 Å². The van der Waals surface area contributed by atoms with E-state index in [1.807, 2.05) is 0 Å². The first-order valence-corrected chi connectivity index (χ1v) is 6.35. The van der Waals surface area contributed by atoms with Crippen LogP contribution in [0.15, 0.2) is 47.8 Å². The van der Waals surface area contributed by atoms with E-state index in [1.165, 1.54) is 24.7 Å². The Morgan fingerprint density at radius 2 is 2.00 bits per heavy atom. The second-order valence-corrected chi connectivity index (χ2v) is 4.52. The number of amides is 1. The number of hydrogen-bond donors (Lipinski definition) is 3. The number of carbonyl (C=O) groups excluding carboxylic acids is 1. The average Bonchev–Trinajstić information content (AvgIpc) is 2.49. The Balaban J connectivity index is 2.10. The van der Waals surface area contributed by atoms with E-state index in [4.69, 9.17) is 11.6 Å². The highest BCUT2D eigenvalue weighted by Gasteiger charge is 2.15. The number of carbonyl (C=O) groups is 1. The Morgan fingerprint density at radius 3 is 2.67 bits per heavy atom. The molecule has 0 atom stereocenters. The maximum atomic E-state index is 11.7. The number of rotatable bonds is 4. The summed E-state index contributed by atoms with van der Waals surface area (Å²) in [5, 5.41) is 22.7. The summed E-state index contributed by atoms with van der Waals surface area (Å²) in [5.41, 5.74) is 3.39. The molecule has 0 radical (unpaired) electrons. The van der Waals surface area contributed by atoms with Crippen LogP contribution >= 0.6 is 11.6 Å². The molecule has 1 heterocycles. The molecular weight excluding hydrogens is 292 g/mol. The molecule has 8 heteroatoms. The maximum Gasteiger partial charge on any atom is 0.489 e. The van der Waals surface area contributed by atoms with Crippen LogP contribution < -0.4 is 10.9 Å². The average molecular weight is 304 g/mol. The molecule has 1 aromatic heterocycles. The van der Waals surface area contributed by atoms with Gasteiger partial charge in [0.1, 0.15) is 0 Å². The van der Waals surface area contributed by atoms with Crippen molar-refractivity contribution < 1.29 is 14.8 Å². The maximum absolute atomic E-state index is 11.7. The summed E-state index contributed by atoms with van der Waals surface area (Å²) in [6.45, 7) is 0. The SMILES string of the molecule is O=C(N/N=C/c1ccc(Cl)cc1B(O)O)c1ccncc1. The molecule has 0 bridgehead atoms. The van der Waals surface area contributed by atoms with Crippen molar-refractivity contribution in [1.29, 1.82) is 0 Å². The minimum atomic E-state index is -1.68. The minimum Gasteiger partial charge on any atom is -0.423 e. The number of hydrazone groups is 1. The quantitative estimate of drug-likeness (QED) is 0.426. The van der Waals surface area contributed by atoms with Crippen LogP contribution in [-0.2, 0) is 0 Å². The van der Waals surface area contributed by atoms with Crippen molar-refractivity contribution in [2.24, 2.45) is 5.10 Å². The molecule has 0 unspecified atom stereocenters. The van der Waals surface area contributed by atoms with E-state index in [1.54, 1.807) is 24.3 Å². The standard InChI is InChI=1S/C13H11BClN3O3/c15-11-2-1-10(12(7-11)14(20)21)8-17-18-13(19)9-3-5-16-6-4-9/h1-8,20-21H,(H,18,19)/b17-8+. The van der Waals surface area contributed by atoms with Gasteiger partial charge >= 0.3 is 7.12 Å². The summed E-state index contributed by atoms with van der Waals surface area (Å²) in [6.07, 6.45) is 4.31. The van der Waals surface area contributed by atoms with Crippen LogP contribution in [0.1, 0.15) is 15.9 Å². The zero-order chi connectivity index (χ0) is 15.2. The van der Waals surface area contributed by atoms with E-state index < -0.39 is 13.0 Å². The summed E-state index contributed by atoms with van der Waals surface area (Å²) in [4.78, 5) is 15.5. The van der Waals surface area contributed by atoms with Crippen LogP contribution in [0.5, 0.6) is 0 Å². The van der Waals surface area contributed by atoms with Gasteiger partial charge in [-0.15, -0.1) is 0 Å². The molecular formula is C13H11BClN3O3. The third-order valence-corrected chi connectivity index (χ3v) is 2.87. The molecule has 0 fully saturated rings. The fraction of sp³-hybridized carbons (Fsp3) is 0. The lowest BCUT2D eigenvalue weighted by Gasteiger charge is -2.05. The van der Waals surface area contributed by atoms with Gasteiger partial charge in [-0.3, -0.25) is 9.78 Å². The number of aromatic nitrogens is 1. The van der Waals surface area contributed by atoms with E-state index in [2.05, 4.69) is 15.5 Å². The molecule has 1 aromatic carbocycles. The Hall–Kier alpha value is -2.22. The van der Waals surface area contributed by atoms with Crippen molar-refractivity contribution in [3.63, 3.8) is 0 Å². The first-order valence-electron chi connectivity index (χ1n) is 5.97. The number of benzene rings is 1. The van der Waals surface area contributed by atoms with Gasteiger partial charge in [0, 0.05) is 23.0 Å². The van der Waals surface area contributed by atoms with Crippen molar-refractivity contribution in [3.05, 3.63) is 58.9 Å². The lowest BCUT2D eigenvalue weighted by Crippen LogP contribution is -2.33. The van der Waals surface area contributed by atoms with E-state index in [9.17, 15) is 14.8 Å². The summed E-state index contributed by atoms with van der Waals surface area (Å²) in [5.74, 6) is -0.395. The van der Waals surface area contributed by atoms with Crippen molar-refractivity contribution in [2.75, 3.05) is 0 Å². The third kappa shape index (κ3) is 4.12. The fourth-order valence-corrected chi connectivity index (χ4v) is 1.80. The molecule has 21 heavy (non-hydrogen) atoms. The van der Waals surface area contributed by atoms with Crippen molar-refractivity contribution in [3.8, 4) is 0 Å². The number of pyridine rings is 1. The molecule has 0 aliphatic rings. The number of nitrogens with one attached hydrogen (secondary N) is 1. The molecule has 0 saturated heterocycles. The second kappa shape index (κ2) is 6.98. The molecule has 6 nitrogen and oxygen atoms in total. The van der Waals surface area contributed by atoms with Crippen LogP contribution in [-0.4, -0.2) is 34.3 Å². The lowest BCUT2D eigenvalue weighted by atomic mass is 9.77. The van der Waals surface area contributed by atoms with Crippen molar-refractivity contribution >= 4 is 36.3 Å². The molecule has 0 saturated carbocycles. The molecule has 0 aliphatic heterocycles. The van der Waals surface area contributed by atoms with Gasteiger partial charge in [0.15, 0.2) is 0 Å². The highest BCUT2D eigenvalue weighted by Crippen LogP contribution is 2.07. The van der Waals surface area contributed by atoms with Crippen LogP contribution in [0.4, 0.5) is 0 Å². The van der Waals surface area contributed by atoms with E-state index >= 15 is 0 Å². The molecule has 106 valence electrons. The predicted octanol–water partition coefficient (Wildman–Crippen LogP) is 0.179. The van der Waals surface area contributed by atoms with Gasteiger partial charge in [-0.05, 0) is 35.3 Å². The third-order valence-electron chi connectivity index (χ3n) is 2.64. The van der Waals surface area contributed by atoms with E-state index in [0.29, 0.717) is 16.1 Å². The van der Waals surface area contributed by atoms with Gasteiger partial charge in [-0.2, -0.15) is 5.10 Å².